The molecule has 24 heavy (non-hydrogen) atoms. The number of nitrogens with zero attached hydrogens (tertiary/aromatic N) is 2. The molecule has 1 aliphatic heterocycles. The predicted octanol–water partition coefficient (Wildman–Crippen LogP) is 4.10. The molecule has 1 fully saturated rings. The van der Waals surface area contributed by atoms with Crippen molar-refractivity contribution in [2.45, 2.75) is 25.3 Å². The van der Waals surface area contributed by atoms with Gasteiger partial charge in [0.25, 0.3) is 11.6 Å². The monoisotopic (exact) mass is 344 g/mol. The Balaban J connectivity index is 1.85. The van der Waals surface area contributed by atoms with E-state index in [1.165, 1.54) is 18.2 Å². The van der Waals surface area contributed by atoms with E-state index in [-0.39, 0.29) is 28.2 Å². The van der Waals surface area contributed by atoms with Crippen LogP contribution >= 0.6 is 11.6 Å². The Bertz CT molecular complexity index is 764. The van der Waals surface area contributed by atoms with E-state index in [0.717, 1.165) is 24.8 Å². The van der Waals surface area contributed by atoms with Crippen LogP contribution in [-0.4, -0.2) is 28.3 Å². The molecule has 1 aliphatic rings. The average Bonchev–Trinajstić information content (AvgIpc) is 3.03. The molecule has 0 spiro atoms. The van der Waals surface area contributed by atoms with Crippen LogP contribution in [0.15, 0.2) is 48.5 Å². The molecule has 1 unspecified atom stereocenters. The Morgan fingerprint density at radius 2 is 2.00 bits per heavy atom. The number of nitro groups is 1. The zero-order valence-electron chi connectivity index (χ0n) is 13.0. The third-order valence-electron chi connectivity index (χ3n) is 4.34. The molecule has 1 amide bonds. The zero-order chi connectivity index (χ0) is 17.1. The molecule has 0 bridgehead atoms. The summed E-state index contributed by atoms with van der Waals surface area (Å²) in [5.74, 6) is -0.295. The lowest BCUT2D eigenvalue weighted by molar-refractivity contribution is -0.385. The van der Waals surface area contributed by atoms with E-state index in [9.17, 15) is 14.9 Å². The molecule has 0 aromatic heterocycles. The maximum absolute atomic E-state index is 12.9. The van der Waals surface area contributed by atoms with Crippen LogP contribution < -0.4 is 0 Å². The minimum Gasteiger partial charge on any atom is -0.335 e. The van der Waals surface area contributed by atoms with Crippen LogP contribution in [0.1, 0.15) is 28.8 Å². The number of likely N-dealkylation sites (tertiary alicyclic amines) is 1. The van der Waals surface area contributed by atoms with Crippen LogP contribution in [0, 0.1) is 10.1 Å². The Kier molecular flexibility index (Phi) is 4.81. The second kappa shape index (κ2) is 7.01. The van der Waals surface area contributed by atoms with Gasteiger partial charge in [0.2, 0.25) is 0 Å². The Hall–Kier alpha value is -2.40. The standard InChI is InChI=1S/C18H17ClN2O3/c19-14-8-9-16(17(12-14)21(23)24)18(22)20-10-4-7-15(20)11-13-5-2-1-3-6-13/h1-3,5-6,8-9,12,15H,4,7,10-11H2. The molecular formula is C18H17ClN2O3. The number of nitro benzene ring substituents is 1. The quantitative estimate of drug-likeness (QED) is 0.619. The van der Waals surface area contributed by atoms with Crippen LogP contribution in [-0.2, 0) is 6.42 Å². The summed E-state index contributed by atoms with van der Waals surface area (Å²) in [5.41, 5.74) is 1.02. The molecule has 0 aliphatic carbocycles. The first-order chi connectivity index (χ1) is 11.6. The number of halogens is 1. The van der Waals surface area contributed by atoms with Crippen molar-refractivity contribution in [3.05, 3.63) is 74.8 Å². The Morgan fingerprint density at radius 1 is 1.25 bits per heavy atom. The van der Waals surface area contributed by atoms with E-state index < -0.39 is 4.92 Å². The summed E-state index contributed by atoms with van der Waals surface area (Å²) in [6.07, 6.45) is 2.57. The topological polar surface area (TPSA) is 63.4 Å². The maximum Gasteiger partial charge on any atom is 0.283 e. The zero-order valence-corrected chi connectivity index (χ0v) is 13.8. The fourth-order valence-electron chi connectivity index (χ4n) is 3.19. The van der Waals surface area contributed by atoms with Gasteiger partial charge in [-0.15, -0.1) is 0 Å². The number of hydrogen-bond acceptors (Lipinski definition) is 3. The largest absolute Gasteiger partial charge is 0.335 e. The minimum atomic E-state index is -0.554. The van der Waals surface area contributed by atoms with Crippen LogP contribution in [0.3, 0.4) is 0 Å². The van der Waals surface area contributed by atoms with Gasteiger partial charge >= 0.3 is 0 Å². The summed E-state index contributed by atoms with van der Waals surface area (Å²) >= 11 is 5.83. The summed E-state index contributed by atoms with van der Waals surface area (Å²) in [4.78, 5) is 25.3. The van der Waals surface area contributed by atoms with Gasteiger partial charge in [-0.2, -0.15) is 0 Å². The van der Waals surface area contributed by atoms with Crippen LogP contribution in [0.2, 0.25) is 5.02 Å². The highest BCUT2D eigenvalue weighted by Gasteiger charge is 2.32. The molecule has 5 nitrogen and oxygen atoms in total. The van der Waals surface area contributed by atoms with Gasteiger partial charge < -0.3 is 4.90 Å². The average molecular weight is 345 g/mol. The van der Waals surface area contributed by atoms with Crippen LogP contribution in [0.25, 0.3) is 0 Å². The van der Waals surface area contributed by atoms with Crippen molar-refractivity contribution in [3.63, 3.8) is 0 Å². The van der Waals surface area contributed by atoms with Crippen LogP contribution in [0.4, 0.5) is 5.69 Å². The lowest BCUT2D eigenvalue weighted by Crippen LogP contribution is -2.37. The maximum atomic E-state index is 12.9. The van der Waals surface area contributed by atoms with Gasteiger partial charge in [0, 0.05) is 23.7 Å². The van der Waals surface area contributed by atoms with Crippen molar-refractivity contribution in [2.24, 2.45) is 0 Å². The van der Waals surface area contributed by atoms with Gasteiger partial charge in [-0.1, -0.05) is 41.9 Å². The number of amides is 1. The molecule has 3 rings (SSSR count). The highest BCUT2D eigenvalue weighted by molar-refractivity contribution is 6.31. The van der Waals surface area contributed by atoms with Gasteiger partial charge in [-0.25, -0.2) is 0 Å². The lowest BCUT2D eigenvalue weighted by Gasteiger charge is -2.25. The molecular weight excluding hydrogens is 328 g/mol. The Labute approximate surface area is 145 Å². The summed E-state index contributed by atoms with van der Waals surface area (Å²) in [6.45, 7) is 0.621. The number of carbonyl (C=O) groups is 1. The van der Waals surface area contributed by atoms with Crippen molar-refractivity contribution in [1.29, 1.82) is 0 Å². The SMILES string of the molecule is O=C(c1ccc(Cl)cc1[N+](=O)[O-])N1CCCC1Cc1ccccc1. The van der Waals surface area contributed by atoms with Gasteiger partial charge in [-0.05, 0) is 37.0 Å². The van der Waals surface area contributed by atoms with E-state index >= 15 is 0 Å². The normalized spacial score (nSPS) is 17.0. The van der Waals surface area contributed by atoms with E-state index in [1.54, 1.807) is 4.90 Å². The van der Waals surface area contributed by atoms with E-state index in [0.29, 0.717) is 6.54 Å². The summed E-state index contributed by atoms with van der Waals surface area (Å²) < 4.78 is 0. The fourth-order valence-corrected chi connectivity index (χ4v) is 3.36. The third kappa shape index (κ3) is 3.41. The summed E-state index contributed by atoms with van der Waals surface area (Å²) in [5, 5.41) is 11.5. The second-order valence-electron chi connectivity index (χ2n) is 5.90. The first-order valence-corrected chi connectivity index (χ1v) is 8.23. The number of rotatable bonds is 4. The molecule has 2 aromatic carbocycles. The van der Waals surface area contributed by atoms with Gasteiger partial charge in [-0.3, -0.25) is 14.9 Å². The molecule has 0 saturated carbocycles. The first-order valence-electron chi connectivity index (χ1n) is 7.85. The predicted molar refractivity (Wildman–Crippen MR) is 92.3 cm³/mol. The fraction of sp³-hybridized carbons (Fsp3) is 0.278. The molecule has 0 radical (unpaired) electrons. The summed E-state index contributed by atoms with van der Waals surface area (Å²) in [7, 11) is 0. The highest BCUT2D eigenvalue weighted by atomic mass is 35.5. The third-order valence-corrected chi connectivity index (χ3v) is 4.57. The first kappa shape index (κ1) is 16.5. The number of hydrogen-bond donors (Lipinski definition) is 0. The van der Waals surface area contributed by atoms with E-state index in [2.05, 4.69) is 0 Å². The van der Waals surface area contributed by atoms with Crippen molar-refractivity contribution in [2.75, 3.05) is 6.54 Å². The Morgan fingerprint density at radius 3 is 2.71 bits per heavy atom. The molecule has 0 N–H and O–H groups in total. The van der Waals surface area contributed by atoms with Gasteiger partial charge in [0.15, 0.2) is 0 Å². The minimum absolute atomic E-state index is 0.0650. The van der Waals surface area contributed by atoms with Crippen molar-refractivity contribution in [3.8, 4) is 0 Å². The highest BCUT2D eigenvalue weighted by Crippen LogP contribution is 2.28. The molecule has 1 atom stereocenters. The van der Waals surface area contributed by atoms with Crippen molar-refractivity contribution < 1.29 is 9.72 Å². The molecule has 124 valence electrons. The molecule has 1 heterocycles. The summed E-state index contributed by atoms with van der Waals surface area (Å²) in [6, 6.07) is 14.2. The van der Waals surface area contributed by atoms with Crippen molar-refractivity contribution >= 4 is 23.2 Å². The number of benzene rings is 2. The molecule has 1 saturated heterocycles. The van der Waals surface area contributed by atoms with E-state index in [4.69, 9.17) is 11.6 Å². The van der Waals surface area contributed by atoms with Gasteiger partial charge in [0.1, 0.15) is 5.56 Å². The van der Waals surface area contributed by atoms with Crippen LogP contribution in [0.5, 0.6) is 0 Å². The van der Waals surface area contributed by atoms with Gasteiger partial charge in [0.05, 0.1) is 4.92 Å². The van der Waals surface area contributed by atoms with Crippen molar-refractivity contribution in [1.82, 2.24) is 4.90 Å². The smallest absolute Gasteiger partial charge is 0.283 e. The molecule has 2 aromatic rings. The van der Waals surface area contributed by atoms with E-state index in [1.807, 2.05) is 30.3 Å². The number of carbonyl (C=O) groups excluding carboxylic acids is 1. The molecule has 6 heteroatoms. The lowest BCUT2D eigenvalue weighted by atomic mass is 10.0. The second-order valence-corrected chi connectivity index (χ2v) is 6.34.